The van der Waals surface area contributed by atoms with E-state index in [2.05, 4.69) is 4.98 Å². The number of nitrogens with zero attached hydrogens (tertiary/aromatic N) is 2. The van der Waals surface area contributed by atoms with E-state index in [9.17, 15) is 28.6 Å². The van der Waals surface area contributed by atoms with Crippen LogP contribution in [0.15, 0.2) is 72.3 Å². The minimum atomic E-state index is -1.08. The fraction of sp³-hybridized carbons (Fsp3) is 0.0417. The molecule has 6 nitrogen and oxygen atoms in total. The van der Waals surface area contributed by atoms with Crippen LogP contribution in [-0.2, 0) is 9.59 Å². The molecule has 1 aliphatic rings. The lowest BCUT2D eigenvalue weighted by Gasteiger charge is -2.23. The average Bonchev–Trinajstić information content (AvgIpc) is 3.32. The summed E-state index contributed by atoms with van der Waals surface area (Å²) in [5, 5.41) is 20.7. The molecular weight excluding hydrogens is 450 g/mol. The van der Waals surface area contributed by atoms with Crippen molar-refractivity contribution in [1.29, 1.82) is 0 Å². The molecule has 1 amide bonds. The largest absolute Gasteiger partial charge is 0.508 e. The third-order valence-electron chi connectivity index (χ3n) is 5.33. The SMILES string of the molecule is O=C1C(=O)N(c2nc3cc(F)c(F)cc3s2)C(c2ccc(O)cc2)/C1=C(\O)c1ccccc1. The Labute approximate surface area is 189 Å². The average molecular weight is 464 g/mol. The Balaban J connectivity index is 1.74. The van der Waals surface area contributed by atoms with Crippen LogP contribution < -0.4 is 4.90 Å². The molecule has 1 unspecified atom stereocenters. The van der Waals surface area contributed by atoms with Crippen LogP contribution in [0.5, 0.6) is 5.75 Å². The number of carbonyl (C=O) groups is 2. The third kappa shape index (κ3) is 3.42. The van der Waals surface area contributed by atoms with Crippen LogP contribution in [-0.4, -0.2) is 26.9 Å². The number of aliphatic hydroxyl groups is 1. The van der Waals surface area contributed by atoms with Gasteiger partial charge in [0.1, 0.15) is 11.5 Å². The highest BCUT2D eigenvalue weighted by Crippen LogP contribution is 2.44. The Kier molecular flexibility index (Phi) is 4.90. The van der Waals surface area contributed by atoms with Crippen molar-refractivity contribution >= 4 is 44.1 Å². The molecule has 5 rings (SSSR count). The highest BCUT2D eigenvalue weighted by Gasteiger charge is 2.48. The lowest BCUT2D eigenvalue weighted by molar-refractivity contribution is -0.132. The predicted octanol–water partition coefficient (Wildman–Crippen LogP) is 4.91. The second kappa shape index (κ2) is 7.79. The zero-order valence-electron chi connectivity index (χ0n) is 16.7. The summed E-state index contributed by atoms with van der Waals surface area (Å²) in [6.07, 6.45) is 0. The molecule has 1 atom stereocenters. The minimum Gasteiger partial charge on any atom is -0.508 e. The van der Waals surface area contributed by atoms with E-state index in [0.717, 1.165) is 28.4 Å². The number of hydrogen-bond acceptors (Lipinski definition) is 6. The monoisotopic (exact) mass is 464 g/mol. The van der Waals surface area contributed by atoms with E-state index in [0.29, 0.717) is 15.8 Å². The van der Waals surface area contributed by atoms with E-state index < -0.39 is 29.4 Å². The smallest absolute Gasteiger partial charge is 0.301 e. The molecule has 4 aromatic rings. The van der Waals surface area contributed by atoms with Crippen molar-refractivity contribution in [3.63, 3.8) is 0 Å². The third-order valence-corrected chi connectivity index (χ3v) is 6.34. The summed E-state index contributed by atoms with van der Waals surface area (Å²) < 4.78 is 27.7. The zero-order valence-corrected chi connectivity index (χ0v) is 17.5. The molecule has 1 aromatic heterocycles. The number of ketones is 1. The Morgan fingerprint density at radius 2 is 1.64 bits per heavy atom. The number of anilines is 1. The molecule has 0 saturated carbocycles. The molecule has 33 heavy (non-hydrogen) atoms. The summed E-state index contributed by atoms with van der Waals surface area (Å²) in [4.78, 5) is 31.5. The number of halogens is 2. The number of fused-ring (bicyclic) bond motifs is 1. The van der Waals surface area contributed by atoms with E-state index >= 15 is 0 Å². The van der Waals surface area contributed by atoms with Gasteiger partial charge in [-0.25, -0.2) is 13.8 Å². The number of carbonyl (C=O) groups excluding carboxylic acids is 2. The first-order valence-electron chi connectivity index (χ1n) is 9.76. The molecule has 164 valence electrons. The number of rotatable bonds is 3. The number of hydrogen-bond donors (Lipinski definition) is 2. The van der Waals surface area contributed by atoms with Crippen LogP contribution in [0.2, 0.25) is 0 Å². The van der Waals surface area contributed by atoms with E-state index in [1.807, 2.05) is 0 Å². The van der Waals surface area contributed by atoms with Crippen LogP contribution in [0.25, 0.3) is 16.0 Å². The van der Waals surface area contributed by atoms with E-state index in [-0.39, 0.29) is 27.7 Å². The number of thiazole rings is 1. The molecule has 9 heteroatoms. The molecule has 1 fully saturated rings. The standard InChI is InChI=1S/C24H14F2N2O4S/c25-15-10-17-18(11-16(15)26)33-24(27-17)28-20(12-6-8-14(29)9-7-12)19(22(31)23(28)32)21(30)13-4-2-1-3-5-13/h1-11,20,29-30H/b21-19+. The van der Waals surface area contributed by atoms with Crippen molar-refractivity contribution in [2.75, 3.05) is 4.90 Å². The molecule has 0 aliphatic carbocycles. The maximum absolute atomic E-state index is 13.7. The van der Waals surface area contributed by atoms with E-state index in [1.165, 1.54) is 24.3 Å². The normalized spacial score (nSPS) is 17.8. The van der Waals surface area contributed by atoms with Crippen LogP contribution in [0.3, 0.4) is 0 Å². The van der Waals surface area contributed by atoms with Gasteiger partial charge in [-0.05, 0) is 23.8 Å². The Morgan fingerprint density at radius 3 is 2.33 bits per heavy atom. The van der Waals surface area contributed by atoms with Crippen molar-refractivity contribution in [1.82, 2.24) is 4.98 Å². The maximum Gasteiger partial charge on any atom is 0.301 e. The fourth-order valence-electron chi connectivity index (χ4n) is 3.77. The number of amides is 1. The molecule has 0 radical (unpaired) electrons. The molecule has 1 aliphatic heterocycles. The number of aromatic hydroxyl groups is 1. The van der Waals surface area contributed by atoms with E-state index in [1.54, 1.807) is 30.3 Å². The van der Waals surface area contributed by atoms with Gasteiger partial charge < -0.3 is 10.2 Å². The summed E-state index contributed by atoms with van der Waals surface area (Å²) in [5.41, 5.74) is 0.741. The summed E-state index contributed by atoms with van der Waals surface area (Å²) in [5.74, 6) is -4.39. The van der Waals surface area contributed by atoms with Gasteiger partial charge in [-0.2, -0.15) is 0 Å². The van der Waals surface area contributed by atoms with Gasteiger partial charge in [0.15, 0.2) is 16.8 Å². The van der Waals surface area contributed by atoms with Gasteiger partial charge in [-0.15, -0.1) is 0 Å². The summed E-state index contributed by atoms with van der Waals surface area (Å²) in [6.45, 7) is 0. The fourth-order valence-corrected chi connectivity index (χ4v) is 4.77. The zero-order chi connectivity index (χ0) is 23.3. The van der Waals surface area contributed by atoms with Crippen LogP contribution in [0.1, 0.15) is 17.2 Å². The quantitative estimate of drug-likeness (QED) is 0.256. The lowest BCUT2D eigenvalue weighted by atomic mass is 9.95. The highest BCUT2D eigenvalue weighted by atomic mass is 32.1. The lowest BCUT2D eigenvalue weighted by Crippen LogP contribution is -2.29. The van der Waals surface area contributed by atoms with Gasteiger partial charge in [0, 0.05) is 11.6 Å². The molecule has 0 bridgehead atoms. The van der Waals surface area contributed by atoms with Gasteiger partial charge in [-0.1, -0.05) is 53.8 Å². The Morgan fingerprint density at radius 1 is 0.970 bits per heavy atom. The summed E-state index contributed by atoms with van der Waals surface area (Å²) >= 11 is 0.916. The molecule has 2 N–H and O–H groups in total. The first-order valence-corrected chi connectivity index (χ1v) is 10.6. The topological polar surface area (TPSA) is 90.7 Å². The minimum absolute atomic E-state index is 0.0234. The number of phenols is 1. The van der Waals surface area contributed by atoms with Crippen molar-refractivity contribution < 1.29 is 28.6 Å². The van der Waals surface area contributed by atoms with Crippen molar-refractivity contribution in [3.8, 4) is 5.75 Å². The second-order valence-corrected chi connectivity index (χ2v) is 8.37. The molecule has 1 saturated heterocycles. The van der Waals surface area contributed by atoms with Gasteiger partial charge in [0.2, 0.25) is 0 Å². The summed E-state index contributed by atoms with van der Waals surface area (Å²) in [6, 6.07) is 14.9. The van der Waals surface area contributed by atoms with Crippen LogP contribution in [0, 0.1) is 11.6 Å². The number of benzene rings is 3. The first-order chi connectivity index (χ1) is 15.8. The molecule has 0 spiro atoms. The van der Waals surface area contributed by atoms with Gasteiger partial charge >= 0.3 is 5.91 Å². The van der Waals surface area contributed by atoms with Gasteiger partial charge in [0.25, 0.3) is 5.78 Å². The predicted molar refractivity (Wildman–Crippen MR) is 119 cm³/mol. The number of aliphatic hydroxyl groups excluding tert-OH is 1. The van der Waals surface area contributed by atoms with Gasteiger partial charge in [0.05, 0.1) is 21.8 Å². The maximum atomic E-state index is 13.7. The van der Waals surface area contributed by atoms with Crippen molar-refractivity contribution in [2.24, 2.45) is 0 Å². The summed E-state index contributed by atoms with van der Waals surface area (Å²) in [7, 11) is 0. The number of phenolic OH excluding ortho intramolecular Hbond substituents is 1. The first kappa shape index (κ1) is 20.8. The highest BCUT2D eigenvalue weighted by molar-refractivity contribution is 7.22. The van der Waals surface area contributed by atoms with Gasteiger partial charge in [-0.3, -0.25) is 14.5 Å². The number of Topliss-reactive ketones (excluding diaryl/α,β-unsaturated/α-hetero) is 1. The Hall–Kier alpha value is -4.11. The van der Waals surface area contributed by atoms with E-state index in [4.69, 9.17) is 0 Å². The molecule has 3 aromatic carbocycles. The molecular formula is C24H14F2N2O4S. The van der Waals surface area contributed by atoms with Crippen LogP contribution in [0.4, 0.5) is 13.9 Å². The molecule has 2 heterocycles. The number of aromatic nitrogens is 1. The van der Waals surface area contributed by atoms with Crippen molar-refractivity contribution in [3.05, 3.63) is 95.1 Å². The van der Waals surface area contributed by atoms with Crippen molar-refractivity contribution in [2.45, 2.75) is 6.04 Å². The Bertz CT molecular complexity index is 1410. The second-order valence-electron chi connectivity index (χ2n) is 7.36. The van der Waals surface area contributed by atoms with Crippen LogP contribution >= 0.6 is 11.3 Å².